The summed E-state index contributed by atoms with van der Waals surface area (Å²) in [6, 6.07) is 21.0. The van der Waals surface area contributed by atoms with Crippen LogP contribution in [-0.2, 0) is 34.4 Å². The molecule has 8 heterocycles. The summed E-state index contributed by atoms with van der Waals surface area (Å²) in [5.74, 6) is 4.64. The molecule has 2 atom stereocenters. The van der Waals surface area contributed by atoms with Crippen LogP contribution in [0.3, 0.4) is 0 Å². The molecule has 2 aromatic carbocycles. The van der Waals surface area contributed by atoms with E-state index in [0.717, 1.165) is 111 Å². The van der Waals surface area contributed by atoms with Crippen LogP contribution < -0.4 is 30.2 Å². The van der Waals surface area contributed by atoms with Crippen LogP contribution in [-0.4, -0.2) is 156 Å². The van der Waals surface area contributed by atoms with Gasteiger partial charge in [-0.2, -0.15) is 20.2 Å². The lowest BCUT2D eigenvalue weighted by atomic mass is 9.87. The highest BCUT2D eigenvalue weighted by Gasteiger charge is 2.43. The number of rotatable bonds is 12. The average molecular weight is 897 g/mol. The number of likely N-dealkylation sites (N-methyl/N-ethyl adjacent to an activating group) is 2. The van der Waals surface area contributed by atoms with E-state index in [2.05, 4.69) is 137 Å². The fourth-order valence-electron chi connectivity index (χ4n) is 9.40. The summed E-state index contributed by atoms with van der Waals surface area (Å²) in [7, 11) is 11.7. The molecule has 0 radical (unpaired) electrons. The van der Waals surface area contributed by atoms with Crippen LogP contribution in [0.15, 0.2) is 85.5 Å². The number of hydrogen-bond acceptors (Lipinski definition) is 16. The van der Waals surface area contributed by atoms with Crippen LogP contribution in [0, 0.1) is 0 Å². The molecule has 0 aliphatic carbocycles. The van der Waals surface area contributed by atoms with Crippen LogP contribution in [0.2, 0.25) is 0 Å². The van der Waals surface area contributed by atoms with E-state index in [9.17, 15) is 0 Å². The fourth-order valence-corrected chi connectivity index (χ4v) is 9.40. The van der Waals surface area contributed by atoms with Crippen molar-refractivity contribution in [2.24, 2.45) is 14.1 Å². The highest BCUT2D eigenvalue weighted by Crippen LogP contribution is 2.44. The van der Waals surface area contributed by atoms with Crippen molar-refractivity contribution in [3.63, 3.8) is 0 Å². The van der Waals surface area contributed by atoms with Gasteiger partial charge in [-0.05, 0) is 62.6 Å². The number of ether oxygens (including phenoxy) is 2. The van der Waals surface area contributed by atoms with E-state index < -0.39 is 0 Å². The normalized spacial score (nSPS) is 20.8. The molecule has 0 saturated carbocycles. The second kappa shape index (κ2) is 18.9. The van der Waals surface area contributed by atoms with Gasteiger partial charge in [0.1, 0.15) is 11.6 Å². The summed E-state index contributed by atoms with van der Waals surface area (Å²) in [6.45, 7) is 15.6. The van der Waals surface area contributed by atoms with Gasteiger partial charge in [0.05, 0.1) is 13.2 Å². The van der Waals surface area contributed by atoms with Gasteiger partial charge in [-0.3, -0.25) is 9.36 Å². The molecule has 6 aromatic rings. The minimum absolute atomic E-state index is 0.204. The summed E-state index contributed by atoms with van der Waals surface area (Å²) in [5.41, 5.74) is 6.18. The quantitative estimate of drug-likeness (QED) is 0.159. The summed E-state index contributed by atoms with van der Waals surface area (Å²) in [4.78, 5) is 32.9. The number of nitrogens with zero attached hydrogens (tertiary/aromatic N) is 14. The van der Waals surface area contributed by atoms with Crippen molar-refractivity contribution in [3.8, 4) is 0 Å². The van der Waals surface area contributed by atoms with Crippen molar-refractivity contribution in [1.29, 1.82) is 0 Å². The number of aromatic nitrogens is 8. The van der Waals surface area contributed by atoms with Crippen LogP contribution in [0.5, 0.6) is 0 Å². The summed E-state index contributed by atoms with van der Waals surface area (Å²) in [6.07, 6.45) is 7.74. The minimum atomic E-state index is -0.204. The Kier molecular flexibility index (Phi) is 12.8. The maximum absolute atomic E-state index is 5.54. The van der Waals surface area contributed by atoms with Crippen molar-refractivity contribution in [1.82, 2.24) is 49.3 Å². The lowest BCUT2D eigenvalue weighted by molar-refractivity contribution is 0.145. The van der Waals surface area contributed by atoms with Crippen molar-refractivity contribution in [2.75, 3.05) is 137 Å². The van der Waals surface area contributed by atoms with E-state index in [1.807, 2.05) is 60.4 Å². The van der Waals surface area contributed by atoms with Crippen LogP contribution >= 0.6 is 0 Å². The molecule has 4 aliphatic rings. The zero-order chi connectivity index (χ0) is 46.0. The van der Waals surface area contributed by atoms with Gasteiger partial charge >= 0.3 is 0 Å². The van der Waals surface area contributed by atoms with Gasteiger partial charge < -0.3 is 49.5 Å². The number of anilines is 10. The first kappa shape index (κ1) is 44.8. The molecule has 18 heteroatoms. The smallest absolute Gasteiger partial charge is 0.229 e. The Balaban J connectivity index is 0.000000166. The molecule has 18 nitrogen and oxygen atoms in total. The second-order valence-electron chi connectivity index (χ2n) is 18.6. The number of hydrogen-bond donors (Lipinski definition) is 2. The summed E-state index contributed by atoms with van der Waals surface area (Å²) < 4.78 is 14.7. The van der Waals surface area contributed by atoms with Gasteiger partial charge in [0, 0.05) is 175 Å². The number of aryl methyl sites for hydroxylation is 2. The SMILES string of the molecule is COC[C@@]1(C)CN(c2ccn(C)n2)c2nc(Nc3ccc(N4CCN(C)CC4)cc3)ncc21.COC[C@@]1(C)CN(c2ccn(C)n2)c2nc(Nc3ccc(N4CCN(C)CC4)cc3)ncc21. The molecule has 2 saturated heterocycles. The Morgan fingerprint density at radius 3 is 1.24 bits per heavy atom. The number of piperazine rings is 2. The lowest BCUT2D eigenvalue weighted by Crippen LogP contribution is -2.44. The van der Waals surface area contributed by atoms with Gasteiger partial charge in [-0.15, -0.1) is 0 Å². The second-order valence-corrected chi connectivity index (χ2v) is 18.6. The monoisotopic (exact) mass is 897 g/mol. The number of benzene rings is 2. The Hall–Kier alpha value is -6.34. The number of methoxy groups -OCH3 is 2. The van der Waals surface area contributed by atoms with Crippen molar-refractivity contribution < 1.29 is 9.47 Å². The molecule has 0 amide bonds. The fraction of sp³-hybridized carbons (Fsp3) is 0.458. The maximum atomic E-state index is 5.54. The molecule has 0 unspecified atom stereocenters. The standard InChI is InChI=1S/2C24H32N8O/c2*1-24(17-33-4)16-32(21-9-10-30(3)28-21)22-20(24)15-25-23(27-22)26-18-5-7-19(8-6-18)31-13-11-29(2)12-14-31/h2*5-10,15H,11-14,16-17H2,1-4H3,(H,25,26,27)/t2*24-/m11/s1. The Labute approximate surface area is 388 Å². The van der Waals surface area contributed by atoms with Crippen LogP contribution in [0.25, 0.3) is 0 Å². The number of nitrogens with one attached hydrogen (secondary N) is 2. The first-order valence-corrected chi connectivity index (χ1v) is 22.8. The Morgan fingerprint density at radius 2 is 0.909 bits per heavy atom. The average Bonchev–Trinajstić information content (AvgIpc) is 4.09. The minimum Gasteiger partial charge on any atom is -0.384 e. The third-order valence-corrected chi connectivity index (χ3v) is 13.2. The molecule has 66 heavy (non-hydrogen) atoms. The molecule has 4 aliphatic heterocycles. The maximum Gasteiger partial charge on any atom is 0.229 e. The molecule has 4 aromatic heterocycles. The van der Waals surface area contributed by atoms with Crippen molar-refractivity contribution in [2.45, 2.75) is 24.7 Å². The third-order valence-electron chi connectivity index (χ3n) is 13.2. The summed E-state index contributed by atoms with van der Waals surface area (Å²) in [5, 5.41) is 16.0. The van der Waals surface area contributed by atoms with Gasteiger partial charge in [0.25, 0.3) is 0 Å². The molecule has 0 spiro atoms. The predicted octanol–water partition coefficient (Wildman–Crippen LogP) is 5.52. The zero-order valence-corrected chi connectivity index (χ0v) is 39.6. The van der Waals surface area contributed by atoms with E-state index in [0.29, 0.717) is 25.1 Å². The molecule has 2 N–H and O–H groups in total. The van der Waals surface area contributed by atoms with Crippen molar-refractivity contribution >= 4 is 57.9 Å². The Morgan fingerprint density at radius 1 is 0.530 bits per heavy atom. The largest absolute Gasteiger partial charge is 0.384 e. The molecule has 0 bridgehead atoms. The zero-order valence-electron chi connectivity index (χ0n) is 39.6. The van der Waals surface area contributed by atoms with E-state index in [1.165, 1.54) is 11.4 Å². The predicted molar refractivity (Wildman–Crippen MR) is 262 cm³/mol. The first-order chi connectivity index (χ1) is 31.9. The molecular weight excluding hydrogens is 833 g/mol. The van der Waals surface area contributed by atoms with E-state index in [1.54, 1.807) is 14.2 Å². The van der Waals surface area contributed by atoms with Gasteiger partial charge in [-0.25, -0.2) is 9.97 Å². The van der Waals surface area contributed by atoms with Gasteiger partial charge in [-0.1, -0.05) is 13.8 Å². The topological polar surface area (TPSA) is 149 Å². The lowest BCUT2D eigenvalue weighted by Gasteiger charge is -2.34. The highest BCUT2D eigenvalue weighted by atomic mass is 16.5. The van der Waals surface area contributed by atoms with E-state index in [-0.39, 0.29) is 10.8 Å². The molecule has 348 valence electrons. The highest BCUT2D eigenvalue weighted by molar-refractivity contribution is 5.71. The van der Waals surface area contributed by atoms with Gasteiger partial charge in [0.15, 0.2) is 11.6 Å². The third kappa shape index (κ3) is 9.49. The van der Waals surface area contributed by atoms with Crippen LogP contribution in [0.1, 0.15) is 25.0 Å². The van der Waals surface area contributed by atoms with Crippen molar-refractivity contribution in [3.05, 3.63) is 96.6 Å². The summed E-state index contributed by atoms with van der Waals surface area (Å²) >= 11 is 0. The van der Waals surface area contributed by atoms with E-state index >= 15 is 0 Å². The first-order valence-electron chi connectivity index (χ1n) is 22.8. The Bertz CT molecular complexity index is 2390. The van der Waals surface area contributed by atoms with Crippen LogP contribution in [0.4, 0.5) is 57.9 Å². The number of fused-ring (bicyclic) bond motifs is 2. The van der Waals surface area contributed by atoms with E-state index in [4.69, 9.17) is 19.4 Å². The molecule has 10 rings (SSSR count). The molecule has 2 fully saturated rings. The van der Waals surface area contributed by atoms with Gasteiger partial charge in [0.2, 0.25) is 11.9 Å². The molecular formula is C48H64N16O2.